The number of rotatable bonds is 5. The molecule has 2 rings (SSSR count). The Morgan fingerprint density at radius 2 is 1.35 bits per heavy atom. The van der Waals surface area contributed by atoms with Crippen molar-refractivity contribution in [2.45, 2.75) is 11.4 Å². The van der Waals surface area contributed by atoms with Gasteiger partial charge in [0.2, 0.25) is 15.8 Å². The molecule has 0 fully saturated rings. The highest BCUT2D eigenvalue weighted by atomic mass is 32.2. The largest absolute Gasteiger partial charge is 0.288 e. The summed E-state index contributed by atoms with van der Waals surface area (Å²) in [5, 5.41) is 8.46. The van der Waals surface area contributed by atoms with Crippen LogP contribution < -0.4 is 10.2 Å². The van der Waals surface area contributed by atoms with Gasteiger partial charge in [0.25, 0.3) is 5.91 Å². The minimum atomic E-state index is -5.08. The fraction of sp³-hybridized carbons (Fsp3) is 0.0714. The van der Waals surface area contributed by atoms with Crippen LogP contribution in [0.15, 0.2) is 29.2 Å². The summed E-state index contributed by atoms with van der Waals surface area (Å²) in [7, 11) is -5.08. The zero-order valence-corrected chi connectivity index (χ0v) is 13.3. The maximum atomic E-state index is 13.6. The monoisotopic (exact) mass is 396 g/mol. The van der Waals surface area contributed by atoms with Crippen molar-refractivity contribution in [1.29, 1.82) is 0 Å². The number of hydrogen-bond acceptors (Lipinski definition) is 4. The zero-order valence-electron chi connectivity index (χ0n) is 12.5. The van der Waals surface area contributed by atoms with E-state index in [4.69, 9.17) is 5.21 Å². The molecule has 0 radical (unpaired) electrons. The lowest BCUT2D eigenvalue weighted by Gasteiger charge is -2.10. The van der Waals surface area contributed by atoms with Gasteiger partial charge in [-0.25, -0.2) is 40.6 Å². The molecule has 2 aromatic carbocycles. The molecule has 0 bridgehead atoms. The zero-order chi connectivity index (χ0) is 19.6. The van der Waals surface area contributed by atoms with E-state index in [-0.39, 0.29) is 11.1 Å². The van der Waals surface area contributed by atoms with Crippen LogP contribution in [0.4, 0.5) is 22.0 Å². The predicted molar refractivity (Wildman–Crippen MR) is 76.0 cm³/mol. The summed E-state index contributed by atoms with van der Waals surface area (Å²) in [4.78, 5) is 9.14. The number of nitrogens with one attached hydrogen (secondary N) is 2. The van der Waals surface area contributed by atoms with Crippen LogP contribution in [0.5, 0.6) is 0 Å². The average molecular weight is 396 g/mol. The second-order valence-corrected chi connectivity index (χ2v) is 6.57. The van der Waals surface area contributed by atoms with Gasteiger partial charge in [-0.2, -0.15) is 0 Å². The number of benzene rings is 2. The Kier molecular flexibility index (Phi) is 5.59. The van der Waals surface area contributed by atoms with Gasteiger partial charge in [-0.3, -0.25) is 10.0 Å². The van der Waals surface area contributed by atoms with Gasteiger partial charge in [0, 0.05) is 12.1 Å². The maximum absolute atomic E-state index is 13.6. The van der Waals surface area contributed by atoms with Crippen LogP contribution >= 0.6 is 0 Å². The minimum Gasteiger partial charge on any atom is -0.288 e. The first-order valence-electron chi connectivity index (χ1n) is 6.64. The molecule has 0 spiro atoms. The van der Waals surface area contributed by atoms with Crippen molar-refractivity contribution >= 4 is 15.9 Å². The fourth-order valence-corrected chi connectivity index (χ4v) is 3.06. The van der Waals surface area contributed by atoms with Crippen molar-refractivity contribution in [2.24, 2.45) is 0 Å². The molecule has 0 saturated carbocycles. The summed E-state index contributed by atoms with van der Waals surface area (Å²) in [6, 6.07) is 4.89. The molecule has 0 aromatic heterocycles. The third kappa shape index (κ3) is 3.66. The van der Waals surface area contributed by atoms with Gasteiger partial charge >= 0.3 is 0 Å². The van der Waals surface area contributed by atoms with Gasteiger partial charge < -0.3 is 0 Å². The van der Waals surface area contributed by atoms with E-state index in [1.54, 1.807) is 4.72 Å². The molecule has 0 unspecified atom stereocenters. The summed E-state index contributed by atoms with van der Waals surface area (Å²) in [5.74, 6) is -13.0. The molecule has 3 N–H and O–H groups in total. The normalized spacial score (nSPS) is 11.5. The molecule has 0 heterocycles. The van der Waals surface area contributed by atoms with E-state index in [0.717, 1.165) is 0 Å². The number of carbonyl (C=O) groups is 1. The number of carbonyl (C=O) groups excluding carboxylic acids is 1. The van der Waals surface area contributed by atoms with Crippen molar-refractivity contribution in [1.82, 2.24) is 10.2 Å². The van der Waals surface area contributed by atoms with E-state index >= 15 is 0 Å². The fourth-order valence-electron chi connectivity index (χ4n) is 1.91. The number of hydrogen-bond donors (Lipinski definition) is 3. The van der Waals surface area contributed by atoms with Crippen LogP contribution in [0.2, 0.25) is 0 Å². The molecule has 12 heteroatoms. The van der Waals surface area contributed by atoms with E-state index in [1.807, 2.05) is 0 Å². The van der Waals surface area contributed by atoms with Crippen molar-refractivity contribution in [2.75, 3.05) is 0 Å². The smallest absolute Gasteiger partial charge is 0.274 e. The lowest BCUT2D eigenvalue weighted by molar-refractivity contribution is 0.0706. The topological polar surface area (TPSA) is 95.5 Å². The van der Waals surface area contributed by atoms with Crippen LogP contribution in [-0.4, -0.2) is 19.5 Å². The second kappa shape index (κ2) is 7.35. The molecular formula is C14H9F5N2O4S. The van der Waals surface area contributed by atoms with E-state index < -0.39 is 56.5 Å². The molecule has 140 valence electrons. The minimum absolute atomic E-state index is 0.0267. The summed E-state index contributed by atoms with van der Waals surface area (Å²) in [6.07, 6.45) is 0. The molecule has 0 saturated heterocycles. The first kappa shape index (κ1) is 19.8. The third-order valence-corrected chi connectivity index (χ3v) is 4.64. The van der Waals surface area contributed by atoms with E-state index in [2.05, 4.69) is 0 Å². The number of sulfonamides is 1. The Labute approximate surface area is 143 Å². The first-order chi connectivity index (χ1) is 12.1. The molecule has 6 nitrogen and oxygen atoms in total. The van der Waals surface area contributed by atoms with Gasteiger partial charge in [-0.1, -0.05) is 12.1 Å². The Morgan fingerprint density at radius 3 is 1.81 bits per heavy atom. The summed E-state index contributed by atoms with van der Waals surface area (Å²) >= 11 is 0. The quantitative estimate of drug-likeness (QED) is 0.237. The van der Waals surface area contributed by atoms with Gasteiger partial charge in [0.15, 0.2) is 28.2 Å². The summed E-state index contributed by atoms with van der Waals surface area (Å²) in [6.45, 7) is -0.567. The van der Waals surface area contributed by atoms with Crippen molar-refractivity contribution in [3.05, 3.63) is 64.5 Å². The molecule has 26 heavy (non-hydrogen) atoms. The standard InChI is InChI=1S/C14H9F5N2O4S/c15-8-9(16)11(18)13(12(19)10(8)17)26(24,25)20-5-6-1-3-7(4-2-6)14(22)21-23/h1-4,20,23H,5H2,(H,21,22). The van der Waals surface area contributed by atoms with Crippen molar-refractivity contribution < 1.29 is 40.4 Å². The Morgan fingerprint density at radius 1 is 0.885 bits per heavy atom. The summed E-state index contributed by atoms with van der Waals surface area (Å²) in [5.41, 5.74) is 1.60. The molecule has 0 aliphatic heterocycles. The van der Waals surface area contributed by atoms with Crippen molar-refractivity contribution in [3.63, 3.8) is 0 Å². The van der Waals surface area contributed by atoms with Crippen LogP contribution in [0, 0.1) is 29.1 Å². The number of hydroxylamine groups is 1. The highest BCUT2D eigenvalue weighted by Gasteiger charge is 2.33. The van der Waals surface area contributed by atoms with Crippen LogP contribution in [0.1, 0.15) is 15.9 Å². The Hall–Kier alpha value is -2.57. The molecule has 0 atom stereocenters. The van der Waals surface area contributed by atoms with Gasteiger partial charge in [0.1, 0.15) is 0 Å². The van der Waals surface area contributed by atoms with Gasteiger partial charge in [0.05, 0.1) is 0 Å². The maximum Gasteiger partial charge on any atom is 0.274 e. The van der Waals surface area contributed by atoms with Crippen LogP contribution in [0.3, 0.4) is 0 Å². The van der Waals surface area contributed by atoms with Crippen LogP contribution in [-0.2, 0) is 16.6 Å². The van der Waals surface area contributed by atoms with Gasteiger partial charge in [-0.05, 0) is 17.7 Å². The van der Waals surface area contributed by atoms with E-state index in [0.29, 0.717) is 0 Å². The number of amides is 1. The summed E-state index contributed by atoms with van der Waals surface area (Å²) < 4.78 is 92.0. The highest BCUT2D eigenvalue weighted by Crippen LogP contribution is 2.26. The predicted octanol–water partition coefficient (Wildman–Crippen LogP) is 1.98. The second-order valence-electron chi connectivity index (χ2n) is 4.86. The molecular weight excluding hydrogens is 387 g/mol. The van der Waals surface area contributed by atoms with Crippen LogP contribution in [0.25, 0.3) is 0 Å². The third-order valence-electron chi connectivity index (χ3n) is 3.22. The lowest BCUT2D eigenvalue weighted by Crippen LogP contribution is -2.27. The Balaban J connectivity index is 2.29. The first-order valence-corrected chi connectivity index (χ1v) is 8.13. The van der Waals surface area contributed by atoms with E-state index in [1.165, 1.54) is 29.7 Å². The molecule has 0 aliphatic carbocycles. The van der Waals surface area contributed by atoms with Gasteiger partial charge in [-0.15, -0.1) is 0 Å². The Bertz CT molecular complexity index is 935. The molecule has 2 aromatic rings. The molecule has 1 amide bonds. The molecule has 0 aliphatic rings. The number of halogens is 5. The van der Waals surface area contributed by atoms with E-state index in [9.17, 15) is 35.2 Å². The highest BCUT2D eigenvalue weighted by molar-refractivity contribution is 7.89. The lowest BCUT2D eigenvalue weighted by atomic mass is 10.1. The average Bonchev–Trinajstić information content (AvgIpc) is 2.63. The SMILES string of the molecule is O=C(NO)c1ccc(CNS(=O)(=O)c2c(F)c(F)c(F)c(F)c2F)cc1. The van der Waals surface area contributed by atoms with Crippen molar-refractivity contribution in [3.8, 4) is 0 Å².